The van der Waals surface area contributed by atoms with Gasteiger partial charge in [-0.3, -0.25) is 9.59 Å². The van der Waals surface area contributed by atoms with Gasteiger partial charge in [-0.15, -0.1) is 10.2 Å². The monoisotopic (exact) mass is 340 g/mol. The van der Waals surface area contributed by atoms with Crippen LogP contribution in [0.4, 0.5) is 0 Å². The van der Waals surface area contributed by atoms with Crippen molar-refractivity contribution in [2.75, 3.05) is 0 Å². The molecule has 0 aliphatic carbocycles. The molecule has 2 aromatic heterocycles. The van der Waals surface area contributed by atoms with Crippen molar-refractivity contribution in [2.24, 2.45) is 0 Å². The average Bonchev–Trinajstić information content (AvgIpc) is 2.94. The van der Waals surface area contributed by atoms with Crippen LogP contribution in [0.3, 0.4) is 0 Å². The molecule has 24 heavy (non-hydrogen) atoms. The molecule has 0 bridgehead atoms. The molecule has 0 amide bonds. The normalized spacial score (nSPS) is 11.2. The third-order valence-corrected chi connectivity index (χ3v) is 4.91. The van der Waals surface area contributed by atoms with Gasteiger partial charge in [0.05, 0.1) is 5.69 Å². The van der Waals surface area contributed by atoms with Crippen molar-refractivity contribution in [3.8, 4) is 11.3 Å². The van der Waals surface area contributed by atoms with Crippen LogP contribution >= 0.6 is 11.8 Å². The smallest absolute Gasteiger partial charge is 0.213 e. The quantitative estimate of drug-likeness (QED) is 0.525. The highest BCUT2D eigenvalue weighted by Gasteiger charge is 2.24. The number of fused-ring (bicyclic) bond motifs is 1. The van der Waals surface area contributed by atoms with Gasteiger partial charge >= 0.3 is 0 Å². The number of hydrogen-bond acceptors (Lipinski definition) is 6. The van der Waals surface area contributed by atoms with Crippen LogP contribution in [0.2, 0.25) is 0 Å². The van der Waals surface area contributed by atoms with E-state index in [0.29, 0.717) is 10.8 Å². The Morgan fingerprint density at radius 3 is 2.29 bits per heavy atom. The largest absolute Gasteiger partial charge is 0.298 e. The minimum Gasteiger partial charge on any atom is -0.298 e. The molecule has 3 aromatic rings. The van der Waals surface area contributed by atoms with E-state index < -0.39 is 5.25 Å². The molecular weight excluding hydrogens is 324 g/mol. The fourth-order valence-corrected chi connectivity index (χ4v) is 3.14. The molecule has 0 atom stereocenters. The summed E-state index contributed by atoms with van der Waals surface area (Å²) in [6.45, 7) is 4.82. The molecule has 0 radical (unpaired) electrons. The number of thioether (sulfide) groups is 1. The molecule has 0 saturated heterocycles. The molecule has 1 aromatic carbocycles. The fourth-order valence-electron chi connectivity index (χ4n) is 2.28. The van der Waals surface area contributed by atoms with Gasteiger partial charge in [0, 0.05) is 5.56 Å². The zero-order chi connectivity index (χ0) is 17.3. The van der Waals surface area contributed by atoms with Crippen molar-refractivity contribution in [2.45, 2.75) is 31.2 Å². The maximum Gasteiger partial charge on any atom is 0.213 e. The molecule has 2 heterocycles. The maximum atomic E-state index is 11.6. The van der Waals surface area contributed by atoms with Crippen molar-refractivity contribution >= 4 is 29.0 Å². The van der Waals surface area contributed by atoms with Gasteiger partial charge in [-0.2, -0.15) is 9.61 Å². The molecule has 0 aliphatic rings. The Hall–Kier alpha value is -2.54. The Labute approximate surface area is 143 Å². The first-order valence-electron chi connectivity index (χ1n) is 7.43. The summed E-state index contributed by atoms with van der Waals surface area (Å²) in [6.07, 6.45) is 0. The van der Waals surface area contributed by atoms with Crippen molar-refractivity contribution in [1.82, 2.24) is 19.8 Å². The Morgan fingerprint density at radius 2 is 1.67 bits per heavy atom. The lowest BCUT2D eigenvalue weighted by molar-refractivity contribution is -0.123. The van der Waals surface area contributed by atoms with Crippen LogP contribution in [0.25, 0.3) is 16.9 Å². The average molecular weight is 340 g/mol. The Kier molecular flexibility index (Phi) is 4.44. The van der Waals surface area contributed by atoms with E-state index >= 15 is 0 Å². The first-order chi connectivity index (χ1) is 11.5. The number of rotatable bonds is 5. The van der Waals surface area contributed by atoms with Crippen LogP contribution in [-0.2, 0) is 9.59 Å². The van der Waals surface area contributed by atoms with Gasteiger partial charge in [0.15, 0.2) is 17.2 Å². The summed E-state index contributed by atoms with van der Waals surface area (Å²) in [5, 5.41) is 12.3. The molecule has 6 nitrogen and oxygen atoms in total. The highest BCUT2D eigenvalue weighted by molar-refractivity contribution is 8.01. The molecule has 122 valence electrons. The number of aryl methyl sites for hydroxylation is 1. The van der Waals surface area contributed by atoms with Crippen molar-refractivity contribution < 1.29 is 9.59 Å². The number of carbonyl (C=O) groups is 2. The molecule has 0 N–H and O–H groups in total. The zero-order valence-corrected chi connectivity index (χ0v) is 14.4. The van der Waals surface area contributed by atoms with Gasteiger partial charge in [0.2, 0.25) is 5.16 Å². The zero-order valence-electron chi connectivity index (χ0n) is 13.6. The first kappa shape index (κ1) is 16.3. The summed E-state index contributed by atoms with van der Waals surface area (Å²) >= 11 is 1.08. The number of Topliss-reactive ketones (excluding diaryl/α,β-unsaturated/α-hetero) is 2. The van der Waals surface area contributed by atoms with Crippen LogP contribution in [0.15, 0.2) is 41.6 Å². The molecule has 0 saturated carbocycles. The second-order valence-electron chi connectivity index (χ2n) is 5.56. The van der Waals surface area contributed by atoms with Crippen LogP contribution in [0, 0.1) is 6.92 Å². The third-order valence-electron chi connectivity index (χ3n) is 3.54. The molecule has 0 fully saturated rings. The summed E-state index contributed by atoms with van der Waals surface area (Å²) in [5.74, 6) is -0.419. The SMILES string of the molecule is CC(=O)C(Sc1nnc2ccc(-c3ccc(C)cc3)nn12)C(C)=O. The van der Waals surface area contributed by atoms with Gasteiger partial charge in [-0.05, 0) is 32.9 Å². The van der Waals surface area contributed by atoms with Gasteiger partial charge in [0.1, 0.15) is 5.25 Å². The van der Waals surface area contributed by atoms with E-state index in [0.717, 1.165) is 23.0 Å². The van der Waals surface area contributed by atoms with E-state index in [1.54, 1.807) is 4.52 Å². The summed E-state index contributed by atoms with van der Waals surface area (Å²) in [6, 6.07) is 11.7. The minimum absolute atomic E-state index is 0.209. The van der Waals surface area contributed by atoms with E-state index in [-0.39, 0.29) is 11.6 Å². The second-order valence-corrected chi connectivity index (χ2v) is 6.63. The summed E-state index contributed by atoms with van der Waals surface area (Å²) < 4.78 is 1.57. The van der Waals surface area contributed by atoms with Gasteiger partial charge in [-0.25, -0.2) is 0 Å². The van der Waals surface area contributed by atoms with E-state index in [9.17, 15) is 9.59 Å². The van der Waals surface area contributed by atoms with Crippen molar-refractivity contribution in [3.63, 3.8) is 0 Å². The Bertz CT molecular complexity index is 904. The van der Waals surface area contributed by atoms with Crippen LogP contribution in [0.5, 0.6) is 0 Å². The molecule has 0 spiro atoms. The number of hydrogen-bond donors (Lipinski definition) is 0. The van der Waals surface area contributed by atoms with Crippen LogP contribution < -0.4 is 0 Å². The lowest BCUT2D eigenvalue weighted by Crippen LogP contribution is -2.22. The Morgan fingerprint density at radius 1 is 1.00 bits per heavy atom. The third kappa shape index (κ3) is 3.21. The fraction of sp³-hybridized carbons (Fsp3) is 0.235. The first-order valence-corrected chi connectivity index (χ1v) is 8.31. The Balaban J connectivity index is 2.01. The van der Waals surface area contributed by atoms with E-state index in [1.807, 2.05) is 43.3 Å². The minimum atomic E-state index is -0.790. The van der Waals surface area contributed by atoms with E-state index in [4.69, 9.17) is 0 Å². The van der Waals surface area contributed by atoms with Gasteiger partial charge < -0.3 is 0 Å². The number of benzene rings is 1. The number of nitrogens with zero attached hydrogens (tertiary/aromatic N) is 4. The summed E-state index contributed by atoms with van der Waals surface area (Å²) in [5.41, 5.74) is 3.48. The number of aromatic nitrogens is 4. The van der Waals surface area contributed by atoms with Crippen LogP contribution in [-0.4, -0.2) is 36.6 Å². The molecule has 0 unspecified atom stereocenters. The topological polar surface area (TPSA) is 77.2 Å². The van der Waals surface area contributed by atoms with Crippen molar-refractivity contribution in [1.29, 1.82) is 0 Å². The predicted molar refractivity (Wildman–Crippen MR) is 92.0 cm³/mol. The highest BCUT2D eigenvalue weighted by atomic mass is 32.2. The van der Waals surface area contributed by atoms with E-state index in [2.05, 4.69) is 15.3 Å². The number of ketones is 2. The molecule has 0 aliphatic heterocycles. The molecular formula is C17H16N4O2S. The summed E-state index contributed by atoms with van der Waals surface area (Å²) in [4.78, 5) is 23.3. The lowest BCUT2D eigenvalue weighted by Gasteiger charge is -2.08. The lowest BCUT2D eigenvalue weighted by atomic mass is 10.1. The molecule has 7 heteroatoms. The number of carbonyl (C=O) groups excluding carboxylic acids is 2. The highest BCUT2D eigenvalue weighted by Crippen LogP contribution is 2.25. The standard InChI is InChI=1S/C17H16N4O2S/c1-10-4-6-13(7-5-10)14-8-9-15-18-19-17(21(15)20-14)24-16(11(2)22)12(3)23/h4-9,16H,1-3H3. The van der Waals surface area contributed by atoms with Gasteiger partial charge in [0.25, 0.3) is 0 Å². The maximum absolute atomic E-state index is 11.6. The molecule has 3 rings (SSSR count). The van der Waals surface area contributed by atoms with E-state index in [1.165, 1.54) is 19.4 Å². The van der Waals surface area contributed by atoms with Crippen molar-refractivity contribution in [3.05, 3.63) is 42.0 Å². The van der Waals surface area contributed by atoms with Crippen LogP contribution in [0.1, 0.15) is 19.4 Å². The second kappa shape index (κ2) is 6.52. The predicted octanol–water partition coefficient (Wildman–Crippen LogP) is 2.74. The summed E-state index contributed by atoms with van der Waals surface area (Å²) in [7, 11) is 0. The van der Waals surface area contributed by atoms with Gasteiger partial charge in [-0.1, -0.05) is 41.6 Å².